The minimum Gasteiger partial charge on any atom is -0.481 e. The van der Waals surface area contributed by atoms with Crippen molar-refractivity contribution in [2.45, 2.75) is 96.8 Å². The maximum absolute atomic E-state index is 10.4. The highest BCUT2D eigenvalue weighted by Crippen LogP contribution is 2.09. The summed E-state index contributed by atoms with van der Waals surface area (Å²) in [6.45, 7) is 2.16. The zero-order valence-corrected chi connectivity index (χ0v) is 19.2. The molecule has 2 heteroatoms. The van der Waals surface area contributed by atoms with Crippen LogP contribution < -0.4 is 0 Å². The van der Waals surface area contributed by atoms with E-state index in [1.807, 2.05) is 0 Å². The van der Waals surface area contributed by atoms with Gasteiger partial charge < -0.3 is 5.11 Å². The minimum absolute atomic E-state index is 0.318. The van der Waals surface area contributed by atoms with Gasteiger partial charge in [0.1, 0.15) is 0 Å². The Hall–Kier alpha value is -2.09. The van der Waals surface area contributed by atoms with Gasteiger partial charge in [-0.3, -0.25) is 4.79 Å². The zero-order valence-electron chi connectivity index (χ0n) is 19.2. The third-order valence-corrected chi connectivity index (χ3v) is 4.61. The average Bonchev–Trinajstić information content (AvgIpc) is 2.73. The molecular formula is C28H44O2. The van der Waals surface area contributed by atoms with E-state index in [1.54, 1.807) is 0 Å². The fraction of sp³-hybridized carbons (Fsp3) is 0.536. The van der Waals surface area contributed by atoms with Gasteiger partial charge in [-0.25, -0.2) is 0 Å². The van der Waals surface area contributed by atoms with Gasteiger partial charge in [0.05, 0.1) is 0 Å². The van der Waals surface area contributed by atoms with Crippen LogP contribution in [0.25, 0.3) is 0 Å². The van der Waals surface area contributed by atoms with Crippen LogP contribution in [-0.2, 0) is 4.79 Å². The fourth-order valence-electron chi connectivity index (χ4n) is 2.89. The van der Waals surface area contributed by atoms with E-state index >= 15 is 0 Å². The lowest BCUT2D eigenvalue weighted by Gasteiger charge is -1.99. The average molecular weight is 413 g/mol. The summed E-state index contributed by atoms with van der Waals surface area (Å²) in [4.78, 5) is 10.4. The maximum Gasteiger partial charge on any atom is 0.303 e. The van der Waals surface area contributed by atoms with Crippen molar-refractivity contribution in [3.63, 3.8) is 0 Å². The molecule has 0 aromatic heterocycles. The van der Waals surface area contributed by atoms with Crippen LogP contribution in [0.4, 0.5) is 0 Å². The highest BCUT2D eigenvalue weighted by molar-refractivity contribution is 5.66. The molecule has 0 saturated carbocycles. The molecule has 0 atom stereocenters. The second-order valence-corrected chi connectivity index (χ2v) is 7.47. The van der Waals surface area contributed by atoms with E-state index in [9.17, 15) is 4.79 Å². The molecule has 0 heterocycles. The molecular weight excluding hydrogens is 368 g/mol. The first-order chi connectivity index (χ1) is 14.8. The maximum atomic E-state index is 10.4. The third-order valence-electron chi connectivity index (χ3n) is 4.61. The first-order valence-corrected chi connectivity index (χ1v) is 11.9. The molecule has 1 N–H and O–H groups in total. The topological polar surface area (TPSA) is 37.3 Å². The van der Waals surface area contributed by atoms with Crippen molar-refractivity contribution in [2.75, 3.05) is 0 Å². The van der Waals surface area contributed by atoms with Gasteiger partial charge in [0.2, 0.25) is 0 Å². The Balaban J connectivity index is 3.42. The second kappa shape index (κ2) is 24.9. The van der Waals surface area contributed by atoms with Crippen LogP contribution in [0.15, 0.2) is 72.9 Å². The van der Waals surface area contributed by atoms with Crippen LogP contribution >= 0.6 is 0 Å². The fourth-order valence-corrected chi connectivity index (χ4v) is 2.89. The Morgan fingerprint density at radius 1 is 0.533 bits per heavy atom. The first kappa shape index (κ1) is 27.9. The zero-order chi connectivity index (χ0) is 22.0. The van der Waals surface area contributed by atoms with Crippen molar-refractivity contribution in [2.24, 2.45) is 0 Å². The summed E-state index contributed by atoms with van der Waals surface area (Å²) < 4.78 is 0. The lowest BCUT2D eigenvalue weighted by molar-refractivity contribution is -0.137. The van der Waals surface area contributed by atoms with Crippen molar-refractivity contribution in [3.05, 3.63) is 72.9 Å². The number of hydrogen-bond donors (Lipinski definition) is 1. The Labute approximate surface area is 185 Å². The third kappa shape index (κ3) is 25.9. The van der Waals surface area contributed by atoms with Gasteiger partial charge >= 0.3 is 5.97 Å². The summed E-state index contributed by atoms with van der Waals surface area (Å²) in [7, 11) is 0. The molecule has 0 rings (SSSR count). The van der Waals surface area contributed by atoms with Crippen molar-refractivity contribution >= 4 is 5.97 Å². The van der Waals surface area contributed by atoms with Crippen molar-refractivity contribution in [1.82, 2.24) is 0 Å². The summed E-state index contributed by atoms with van der Waals surface area (Å²) in [6.07, 6.45) is 41.2. The number of allylic oxidation sites excluding steroid dienone is 12. The molecule has 0 spiro atoms. The molecule has 30 heavy (non-hydrogen) atoms. The Morgan fingerprint density at radius 3 is 1.33 bits per heavy atom. The van der Waals surface area contributed by atoms with Crippen molar-refractivity contribution < 1.29 is 9.90 Å². The molecule has 0 saturated heterocycles. The molecule has 0 aromatic carbocycles. The van der Waals surface area contributed by atoms with Crippen LogP contribution in [-0.4, -0.2) is 11.1 Å². The van der Waals surface area contributed by atoms with Gasteiger partial charge in [-0.15, -0.1) is 0 Å². The Bertz CT molecular complexity index is 547. The minimum atomic E-state index is -0.673. The Kier molecular flexibility index (Phi) is 23.2. The quantitative estimate of drug-likeness (QED) is 0.160. The summed E-state index contributed by atoms with van der Waals surface area (Å²) in [5.41, 5.74) is 0. The summed E-state index contributed by atoms with van der Waals surface area (Å²) in [5, 5.41) is 8.58. The van der Waals surface area contributed by atoms with E-state index in [0.717, 1.165) is 64.2 Å². The van der Waals surface area contributed by atoms with Crippen LogP contribution in [0.3, 0.4) is 0 Å². The van der Waals surface area contributed by atoms with E-state index in [1.165, 1.54) is 19.3 Å². The molecule has 0 amide bonds. The van der Waals surface area contributed by atoms with E-state index < -0.39 is 5.97 Å². The second-order valence-electron chi connectivity index (χ2n) is 7.47. The van der Waals surface area contributed by atoms with Gasteiger partial charge in [0.25, 0.3) is 0 Å². The monoisotopic (exact) mass is 412 g/mol. The number of rotatable bonds is 20. The molecule has 168 valence electrons. The molecule has 0 bridgehead atoms. The number of hydrogen-bond acceptors (Lipinski definition) is 1. The van der Waals surface area contributed by atoms with Gasteiger partial charge in [-0.2, -0.15) is 0 Å². The summed E-state index contributed by atoms with van der Waals surface area (Å²) >= 11 is 0. The van der Waals surface area contributed by atoms with E-state index in [2.05, 4.69) is 79.8 Å². The molecule has 0 aliphatic heterocycles. The van der Waals surface area contributed by atoms with Crippen LogP contribution in [0.2, 0.25) is 0 Å². The molecule has 0 fully saturated rings. The summed E-state index contributed by atoms with van der Waals surface area (Å²) in [5.74, 6) is -0.673. The van der Waals surface area contributed by atoms with Gasteiger partial charge in [0, 0.05) is 6.42 Å². The van der Waals surface area contributed by atoms with Crippen LogP contribution in [0, 0.1) is 0 Å². The molecule has 0 aromatic rings. The Morgan fingerprint density at radius 2 is 0.900 bits per heavy atom. The largest absolute Gasteiger partial charge is 0.481 e. The smallest absolute Gasteiger partial charge is 0.303 e. The standard InChI is InChI=1S/C28H44O2/c1-2-3-4-5-6-7-8-9-10-11-12-13-14-15-16-17-18-19-20-21-22-23-24-25-26-27-28(29)30/h3-4,6-7,9-10,12-13,15-16,18-19H,2,5,8,11,14,17,20-27H2,1H3,(H,29,30). The SMILES string of the molecule is CCC=CCC=CCC=CCC=CCC=CCC=CCCCCCCCCC(=O)O. The highest BCUT2D eigenvalue weighted by Gasteiger charge is 1.96. The van der Waals surface area contributed by atoms with Crippen LogP contribution in [0.1, 0.15) is 96.8 Å². The van der Waals surface area contributed by atoms with E-state index in [-0.39, 0.29) is 0 Å². The number of unbranched alkanes of at least 4 members (excludes halogenated alkanes) is 6. The lowest BCUT2D eigenvalue weighted by atomic mass is 10.1. The first-order valence-electron chi connectivity index (χ1n) is 11.9. The number of carboxylic acid groups (broad SMARTS) is 1. The van der Waals surface area contributed by atoms with Gasteiger partial charge in [-0.05, 0) is 57.8 Å². The van der Waals surface area contributed by atoms with Crippen molar-refractivity contribution in [3.8, 4) is 0 Å². The van der Waals surface area contributed by atoms with Crippen LogP contribution in [0.5, 0.6) is 0 Å². The molecule has 2 nitrogen and oxygen atoms in total. The predicted molar refractivity (Wildman–Crippen MR) is 133 cm³/mol. The van der Waals surface area contributed by atoms with Gasteiger partial charge in [0.15, 0.2) is 0 Å². The molecule has 0 aliphatic rings. The number of carboxylic acids is 1. The van der Waals surface area contributed by atoms with E-state index in [4.69, 9.17) is 5.11 Å². The predicted octanol–water partition coefficient (Wildman–Crippen LogP) is 8.89. The molecule has 0 radical (unpaired) electrons. The highest BCUT2D eigenvalue weighted by atomic mass is 16.4. The normalized spacial score (nSPS) is 12.8. The lowest BCUT2D eigenvalue weighted by Crippen LogP contribution is -1.93. The molecule has 0 unspecified atom stereocenters. The number of aliphatic carboxylic acids is 1. The summed E-state index contributed by atoms with van der Waals surface area (Å²) in [6, 6.07) is 0. The molecule has 0 aliphatic carbocycles. The van der Waals surface area contributed by atoms with Crippen molar-refractivity contribution in [1.29, 1.82) is 0 Å². The van der Waals surface area contributed by atoms with Gasteiger partial charge in [-0.1, -0.05) is 106 Å². The van der Waals surface area contributed by atoms with E-state index in [0.29, 0.717) is 6.42 Å². The number of carbonyl (C=O) groups is 1.